The minimum Gasteiger partial charge on any atom is -0.297 e. The molecule has 3 aromatic rings. The van der Waals surface area contributed by atoms with E-state index in [-0.39, 0.29) is 18.0 Å². The van der Waals surface area contributed by atoms with Gasteiger partial charge in [-0.3, -0.25) is 19.3 Å². The van der Waals surface area contributed by atoms with Crippen LogP contribution in [0.2, 0.25) is 0 Å². The molecule has 9 heteroatoms. The number of hydrogen-bond donors (Lipinski definition) is 1. The molecule has 0 aliphatic rings. The van der Waals surface area contributed by atoms with Crippen molar-refractivity contribution in [1.29, 1.82) is 0 Å². The Bertz CT molecular complexity index is 944. The van der Waals surface area contributed by atoms with Crippen LogP contribution < -0.4 is 5.43 Å². The lowest BCUT2D eigenvalue weighted by Crippen LogP contribution is -2.19. The lowest BCUT2D eigenvalue weighted by atomic mass is 10.2. The van der Waals surface area contributed by atoms with Gasteiger partial charge in [0, 0.05) is 30.1 Å². The normalized spacial score (nSPS) is 11.5. The summed E-state index contributed by atoms with van der Waals surface area (Å²) < 4.78 is 1.85. The number of carbonyl (C=O) groups excluding carboxylic acids is 1. The van der Waals surface area contributed by atoms with E-state index in [1.807, 2.05) is 16.0 Å². The van der Waals surface area contributed by atoms with Gasteiger partial charge in [-0.1, -0.05) is 12.1 Å². The van der Waals surface area contributed by atoms with E-state index in [4.69, 9.17) is 0 Å². The second-order valence-corrected chi connectivity index (χ2v) is 5.86. The summed E-state index contributed by atoms with van der Waals surface area (Å²) in [5.41, 5.74) is 3.52. The number of nitro benzene ring substituents is 1. The van der Waals surface area contributed by atoms with Crippen molar-refractivity contribution >= 4 is 40.2 Å². The van der Waals surface area contributed by atoms with Gasteiger partial charge in [0.05, 0.1) is 22.6 Å². The molecule has 1 N–H and O–H groups in total. The van der Waals surface area contributed by atoms with Gasteiger partial charge in [-0.15, -0.1) is 11.3 Å². The summed E-state index contributed by atoms with van der Waals surface area (Å²) in [6.07, 6.45) is 8.23. The maximum absolute atomic E-state index is 11.8. The highest BCUT2D eigenvalue weighted by molar-refractivity contribution is 7.15. The molecule has 0 bridgehead atoms. The smallest absolute Gasteiger partial charge is 0.276 e. The van der Waals surface area contributed by atoms with Crippen LogP contribution in [-0.4, -0.2) is 26.4 Å². The first-order valence-electron chi connectivity index (χ1n) is 7.26. The highest BCUT2D eigenvalue weighted by Crippen LogP contribution is 2.18. The molecule has 0 aliphatic heterocycles. The van der Waals surface area contributed by atoms with Crippen molar-refractivity contribution in [2.45, 2.75) is 6.42 Å². The molecule has 0 unspecified atom stereocenters. The molecule has 2 heterocycles. The van der Waals surface area contributed by atoms with E-state index >= 15 is 0 Å². The van der Waals surface area contributed by atoms with Crippen LogP contribution in [0.5, 0.6) is 0 Å². The summed E-state index contributed by atoms with van der Waals surface area (Å²) in [7, 11) is 0. The van der Waals surface area contributed by atoms with Crippen molar-refractivity contribution in [2.75, 3.05) is 0 Å². The van der Waals surface area contributed by atoms with Gasteiger partial charge in [-0.2, -0.15) is 5.10 Å². The Labute approximate surface area is 146 Å². The van der Waals surface area contributed by atoms with Crippen LogP contribution >= 0.6 is 11.3 Å². The topological polar surface area (TPSA) is 102 Å². The maximum atomic E-state index is 11.8. The van der Waals surface area contributed by atoms with E-state index in [1.54, 1.807) is 30.5 Å². The van der Waals surface area contributed by atoms with Crippen LogP contribution in [0.4, 0.5) is 5.69 Å². The van der Waals surface area contributed by atoms with Gasteiger partial charge in [0.15, 0.2) is 4.96 Å². The number of nitrogens with one attached hydrogen (secondary N) is 1. The molecule has 8 nitrogen and oxygen atoms in total. The van der Waals surface area contributed by atoms with Crippen molar-refractivity contribution in [3.8, 4) is 0 Å². The summed E-state index contributed by atoms with van der Waals surface area (Å²) in [4.78, 5) is 27.4. The molecule has 0 radical (unpaired) electrons. The molecule has 1 amide bonds. The highest BCUT2D eigenvalue weighted by Gasteiger charge is 2.09. The Hall–Kier alpha value is -3.33. The molecule has 0 atom stereocenters. The van der Waals surface area contributed by atoms with Crippen LogP contribution in [0.25, 0.3) is 11.0 Å². The number of imidazole rings is 1. The summed E-state index contributed by atoms with van der Waals surface area (Å²) in [5, 5.41) is 16.6. The fourth-order valence-electron chi connectivity index (χ4n) is 2.16. The van der Waals surface area contributed by atoms with Crippen molar-refractivity contribution in [3.63, 3.8) is 0 Å². The van der Waals surface area contributed by atoms with Gasteiger partial charge in [0.2, 0.25) is 5.91 Å². The quantitative estimate of drug-likeness (QED) is 0.417. The Kier molecular flexibility index (Phi) is 4.95. The summed E-state index contributed by atoms with van der Waals surface area (Å²) in [6, 6.07) is 6.37. The fraction of sp³-hybridized carbons (Fsp3) is 0.0625. The molecule has 2 aromatic heterocycles. The number of rotatable bonds is 6. The first-order chi connectivity index (χ1) is 12.1. The molecule has 0 aliphatic carbocycles. The summed E-state index contributed by atoms with van der Waals surface area (Å²) in [5.74, 6) is -0.291. The molecular formula is C16H13N5O3S. The maximum Gasteiger partial charge on any atom is 0.276 e. The Morgan fingerprint density at radius 3 is 3.08 bits per heavy atom. The van der Waals surface area contributed by atoms with Crippen LogP contribution in [-0.2, 0) is 11.2 Å². The molecular weight excluding hydrogens is 342 g/mol. The van der Waals surface area contributed by atoms with E-state index in [0.29, 0.717) is 11.3 Å². The number of benzene rings is 1. The zero-order valence-corrected chi connectivity index (χ0v) is 13.7. The van der Waals surface area contributed by atoms with Crippen LogP contribution in [0, 0.1) is 10.1 Å². The van der Waals surface area contributed by atoms with Gasteiger partial charge >= 0.3 is 0 Å². The van der Waals surface area contributed by atoms with Gasteiger partial charge in [-0.25, -0.2) is 10.4 Å². The number of thiazole rings is 1. The SMILES string of the molecule is O=C(Cc1cn2ccsc2n1)N/N=C/C=C/c1ccccc1[N+](=O)[O-]. The number of nitrogens with zero attached hydrogens (tertiary/aromatic N) is 4. The minimum atomic E-state index is -0.450. The first-order valence-corrected chi connectivity index (χ1v) is 8.14. The molecule has 0 saturated carbocycles. The van der Waals surface area contributed by atoms with E-state index in [1.165, 1.54) is 29.7 Å². The number of nitro groups is 1. The van der Waals surface area contributed by atoms with Crippen LogP contribution in [0.1, 0.15) is 11.3 Å². The van der Waals surface area contributed by atoms with Crippen molar-refractivity contribution in [1.82, 2.24) is 14.8 Å². The van der Waals surface area contributed by atoms with Gasteiger partial charge in [0.1, 0.15) is 0 Å². The average molecular weight is 355 g/mol. The zero-order chi connectivity index (χ0) is 17.6. The largest absolute Gasteiger partial charge is 0.297 e. The summed E-state index contributed by atoms with van der Waals surface area (Å²) in [6.45, 7) is 0. The predicted molar refractivity (Wildman–Crippen MR) is 95.5 cm³/mol. The van der Waals surface area contributed by atoms with E-state index < -0.39 is 4.92 Å². The second-order valence-electron chi connectivity index (χ2n) is 4.99. The number of aromatic nitrogens is 2. The third-order valence-corrected chi connectivity index (χ3v) is 4.01. The third kappa shape index (κ3) is 4.15. The molecule has 25 heavy (non-hydrogen) atoms. The Morgan fingerprint density at radius 1 is 1.44 bits per heavy atom. The van der Waals surface area contributed by atoms with Crippen LogP contribution in [0.3, 0.4) is 0 Å². The molecule has 0 saturated heterocycles. The predicted octanol–water partition coefficient (Wildman–Crippen LogP) is 2.66. The number of allylic oxidation sites excluding steroid dienone is 1. The summed E-state index contributed by atoms with van der Waals surface area (Å²) >= 11 is 1.49. The monoisotopic (exact) mass is 355 g/mol. The highest BCUT2D eigenvalue weighted by atomic mass is 32.1. The minimum absolute atomic E-state index is 0.0101. The third-order valence-electron chi connectivity index (χ3n) is 3.24. The standard InChI is InChI=1S/C16H13N5O3S/c22-15(10-13-11-20-8-9-25-16(20)18-13)19-17-7-3-5-12-4-1-2-6-14(12)21(23)24/h1-9,11H,10H2,(H,19,22)/b5-3+,17-7+. The number of para-hydroxylation sites is 1. The van der Waals surface area contributed by atoms with Gasteiger partial charge < -0.3 is 0 Å². The van der Waals surface area contributed by atoms with Crippen molar-refractivity contribution in [2.24, 2.45) is 5.10 Å². The molecule has 1 aromatic carbocycles. The first kappa shape index (κ1) is 16.5. The molecule has 0 spiro atoms. The lowest BCUT2D eigenvalue weighted by molar-refractivity contribution is -0.385. The zero-order valence-electron chi connectivity index (χ0n) is 12.9. The average Bonchev–Trinajstić information content (AvgIpc) is 3.16. The van der Waals surface area contributed by atoms with E-state index in [0.717, 1.165) is 4.96 Å². The van der Waals surface area contributed by atoms with Gasteiger partial charge in [0.25, 0.3) is 5.69 Å². The van der Waals surface area contributed by atoms with E-state index in [9.17, 15) is 14.9 Å². The second kappa shape index (κ2) is 7.49. The Morgan fingerprint density at radius 2 is 2.28 bits per heavy atom. The van der Waals surface area contributed by atoms with E-state index in [2.05, 4.69) is 15.5 Å². The lowest BCUT2D eigenvalue weighted by Gasteiger charge is -1.96. The molecule has 0 fully saturated rings. The number of carbonyl (C=O) groups is 1. The van der Waals surface area contributed by atoms with Crippen molar-refractivity contribution < 1.29 is 9.72 Å². The van der Waals surface area contributed by atoms with Crippen LogP contribution in [0.15, 0.2) is 53.2 Å². The number of hydrogen-bond acceptors (Lipinski definition) is 6. The number of hydrazone groups is 1. The van der Waals surface area contributed by atoms with Crippen molar-refractivity contribution in [3.05, 3.63) is 69.5 Å². The Balaban J connectivity index is 1.53. The fourth-order valence-corrected chi connectivity index (χ4v) is 2.88. The number of fused-ring (bicyclic) bond motifs is 1. The molecule has 126 valence electrons. The number of amides is 1. The molecule has 3 rings (SSSR count). The van der Waals surface area contributed by atoms with Gasteiger partial charge in [-0.05, 0) is 18.2 Å².